The predicted octanol–water partition coefficient (Wildman–Crippen LogP) is 0.990. The fraction of sp³-hybridized carbons (Fsp3) is 0.500. The van der Waals surface area contributed by atoms with Gasteiger partial charge in [-0.25, -0.2) is 0 Å². The van der Waals surface area contributed by atoms with E-state index >= 15 is 0 Å². The lowest BCUT2D eigenvalue weighted by atomic mass is 9.89. The van der Waals surface area contributed by atoms with E-state index in [4.69, 9.17) is 4.74 Å². The highest BCUT2D eigenvalue weighted by Gasteiger charge is 2.27. The van der Waals surface area contributed by atoms with Crippen molar-refractivity contribution in [1.82, 2.24) is 5.32 Å². The molecule has 1 heterocycles. The molecule has 1 fully saturated rings. The first-order chi connectivity index (χ1) is 7.35. The first kappa shape index (κ1) is 10.5. The predicted molar refractivity (Wildman–Crippen MR) is 59.2 cm³/mol. The van der Waals surface area contributed by atoms with Crippen LogP contribution in [-0.2, 0) is 0 Å². The number of methoxy groups -OCH3 is 1. The second-order valence-corrected chi connectivity index (χ2v) is 3.98. The third kappa shape index (κ3) is 2.13. The monoisotopic (exact) mass is 207 g/mol. The maximum atomic E-state index is 9.25. The molecule has 1 aliphatic heterocycles. The zero-order valence-corrected chi connectivity index (χ0v) is 8.94. The molecule has 1 aliphatic rings. The van der Waals surface area contributed by atoms with Crippen molar-refractivity contribution in [2.45, 2.75) is 5.92 Å². The van der Waals surface area contributed by atoms with Crippen molar-refractivity contribution in [3.05, 3.63) is 29.8 Å². The number of aliphatic hydroxyl groups is 1. The van der Waals surface area contributed by atoms with Gasteiger partial charge in [0.2, 0.25) is 0 Å². The molecule has 0 aliphatic carbocycles. The summed E-state index contributed by atoms with van der Waals surface area (Å²) >= 11 is 0. The summed E-state index contributed by atoms with van der Waals surface area (Å²) in [5, 5.41) is 12.6. The van der Waals surface area contributed by atoms with E-state index in [1.54, 1.807) is 7.11 Å². The molecule has 0 amide bonds. The number of nitrogens with one attached hydrogen (secondary N) is 1. The van der Waals surface area contributed by atoms with Crippen molar-refractivity contribution in [3.8, 4) is 5.75 Å². The Bertz CT molecular complexity index is 327. The van der Waals surface area contributed by atoms with Crippen LogP contribution in [0.15, 0.2) is 24.3 Å². The molecule has 0 radical (unpaired) electrons. The molecular weight excluding hydrogens is 190 g/mol. The molecule has 0 bridgehead atoms. The van der Waals surface area contributed by atoms with E-state index in [0.29, 0.717) is 11.8 Å². The summed E-state index contributed by atoms with van der Waals surface area (Å²) in [4.78, 5) is 0. The number of hydrogen-bond acceptors (Lipinski definition) is 3. The van der Waals surface area contributed by atoms with Crippen molar-refractivity contribution in [3.63, 3.8) is 0 Å². The van der Waals surface area contributed by atoms with Crippen LogP contribution in [0, 0.1) is 5.92 Å². The molecule has 15 heavy (non-hydrogen) atoms. The minimum absolute atomic E-state index is 0.245. The van der Waals surface area contributed by atoms with Crippen LogP contribution >= 0.6 is 0 Å². The molecule has 1 saturated heterocycles. The lowest BCUT2D eigenvalue weighted by molar-refractivity contribution is 0.226. The fourth-order valence-electron chi connectivity index (χ4n) is 2.19. The largest absolute Gasteiger partial charge is 0.497 e. The van der Waals surface area contributed by atoms with Gasteiger partial charge in [-0.2, -0.15) is 0 Å². The van der Waals surface area contributed by atoms with Gasteiger partial charge in [0, 0.05) is 31.5 Å². The van der Waals surface area contributed by atoms with Crippen LogP contribution in [0.5, 0.6) is 5.75 Å². The maximum Gasteiger partial charge on any atom is 0.119 e. The summed E-state index contributed by atoms with van der Waals surface area (Å²) in [6.45, 7) is 2.09. The summed E-state index contributed by atoms with van der Waals surface area (Å²) < 4.78 is 5.20. The third-order valence-electron chi connectivity index (χ3n) is 3.10. The summed E-state index contributed by atoms with van der Waals surface area (Å²) in [6, 6.07) is 8.10. The van der Waals surface area contributed by atoms with Gasteiger partial charge in [-0.05, 0) is 17.7 Å². The summed E-state index contributed by atoms with van der Waals surface area (Å²) in [5.74, 6) is 1.62. The van der Waals surface area contributed by atoms with Crippen LogP contribution in [0.4, 0.5) is 0 Å². The van der Waals surface area contributed by atoms with E-state index in [2.05, 4.69) is 17.4 Å². The minimum Gasteiger partial charge on any atom is -0.497 e. The molecule has 0 unspecified atom stereocenters. The number of aliphatic hydroxyl groups excluding tert-OH is 1. The van der Waals surface area contributed by atoms with Gasteiger partial charge < -0.3 is 15.2 Å². The molecule has 3 nitrogen and oxygen atoms in total. The average Bonchev–Trinajstić information content (AvgIpc) is 2.77. The average molecular weight is 207 g/mol. The number of hydrogen-bond donors (Lipinski definition) is 2. The Kier molecular flexibility index (Phi) is 3.23. The van der Waals surface area contributed by atoms with E-state index in [9.17, 15) is 5.11 Å². The zero-order valence-electron chi connectivity index (χ0n) is 8.94. The Morgan fingerprint density at radius 2 is 2.33 bits per heavy atom. The van der Waals surface area contributed by atoms with Crippen molar-refractivity contribution >= 4 is 0 Å². The summed E-state index contributed by atoms with van der Waals surface area (Å²) in [7, 11) is 1.68. The normalized spacial score (nSPS) is 25.5. The standard InChI is InChI=1S/C12H17NO2/c1-15-11-4-2-3-9(5-11)12-7-13-6-10(12)8-14/h2-5,10,12-14H,6-8H2,1H3/t10-,12+/m1/s1. The van der Waals surface area contributed by atoms with Crippen molar-refractivity contribution in [2.75, 3.05) is 26.8 Å². The molecule has 2 N–H and O–H groups in total. The maximum absolute atomic E-state index is 9.25. The molecule has 0 spiro atoms. The Morgan fingerprint density at radius 3 is 3.07 bits per heavy atom. The smallest absolute Gasteiger partial charge is 0.119 e. The Balaban J connectivity index is 2.20. The van der Waals surface area contributed by atoms with Gasteiger partial charge in [0.1, 0.15) is 5.75 Å². The van der Waals surface area contributed by atoms with Crippen LogP contribution in [0.3, 0.4) is 0 Å². The van der Waals surface area contributed by atoms with E-state index in [-0.39, 0.29) is 6.61 Å². The van der Waals surface area contributed by atoms with Gasteiger partial charge in [0.05, 0.1) is 7.11 Å². The molecular formula is C12H17NO2. The molecule has 82 valence electrons. The summed E-state index contributed by atoms with van der Waals surface area (Å²) in [6.07, 6.45) is 0. The highest BCUT2D eigenvalue weighted by Crippen LogP contribution is 2.29. The van der Waals surface area contributed by atoms with Gasteiger partial charge in [-0.1, -0.05) is 12.1 Å². The second kappa shape index (κ2) is 4.64. The molecule has 0 aromatic heterocycles. The van der Waals surface area contributed by atoms with Crippen molar-refractivity contribution < 1.29 is 9.84 Å². The van der Waals surface area contributed by atoms with E-state index in [1.807, 2.05) is 12.1 Å². The Morgan fingerprint density at radius 1 is 1.47 bits per heavy atom. The van der Waals surface area contributed by atoms with E-state index < -0.39 is 0 Å². The second-order valence-electron chi connectivity index (χ2n) is 3.98. The van der Waals surface area contributed by atoms with Crippen LogP contribution < -0.4 is 10.1 Å². The number of rotatable bonds is 3. The van der Waals surface area contributed by atoms with Crippen LogP contribution in [0.2, 0.25) is 0 Å². The molecule has 2 rings (SSSR count). The quantitative estimate of drug-likeness (QED) is 0.776. The Hall–Kier alpha value is -1.06. The fourth-order valence-corrected chi connectivity index (χ4v) is 2.19. The van der Waals surface area contributed by atoms with Gasteiger partial charge in [0.25, 0.3) is 0 Å². The lowest BCUT2D eigenvalue weighted by Gasteiger charge is -2.17. The first-order valence-electron chi connectivity index (χ1n) is 5.30. The van der Waals surface area contributed by atoms with E-state index in [1.165, 1.54) is 5.56 Å². The molecule has 2 atom stereocenters. The molecule has 1 aromatic rings. The topological polar surface area (TPSA) is 41.5 Å². The third-order valence-corrected chi connectivity index (χ3v) is 3.10. The van der Waals surface area contributed by atoms with Gasteiger partial charge >= 0.3 is 0 Å². The van der Waals surface area contributed by atoms with E-state index in [0.717, 1.165) is 18.8 Å². The first-order valence-corrected chi connectivity index (χ1v) is 5.30. The van der Waals surface area contributed by atoms with Crippen LogP contribution in [0.25, 0.3) is 0 Å². The number of ether oxygens (including phenoxy) is 1. The molecule has 1 aromatic carbocycles. The van der Waals surface area contributed by atoms with Gasteiger partial charge in [0.15, 0.2) is 0 Å². The highest BCUT2D eigenvalue weighted by molar-refractivity contribution is 5.32. The summed E-state index contributed by atoms with van der Waals surface area (Å²) in [5.41, 5.74) is 1.25. The van der Waals surface area contributed by atoms with Gasteiger partial charge in [-0.15, -0.1) is 0 Å². The van der Waals surface area contributed by atoms with Gasteiger partial charge in [-0.3, -0.25) is 0 Å². The number of benzene rings is 1. The van der Waals surface area contributed by atoms with Crippen LogP contribution in [0.1, 0.15) is 11.5 Å². The zero-order chi connectivity index (χ0) is 10.7. The molecule has 0 saturated carbocycles. The lowest BCUT2D eigenvalue weighted by Crippen LogP contribution is -2.14. The minimum atomic E-state index is 0.245. The molecule has 3 heteroatoms. The van der Waals surface area contributed by atoms with Crippen molar-refractivity contribution in [1.29, 1.82) is 0 Å². The Labute approximate surface area is 90.1 Å². The SMILES string of the molecule is COc1cccc([C@@H]2CNC[C@@H]2CO)c1. The van der Waals surface area contributed by atoms with Crippen molar-refractivity contribution in [2.24, 2.45) is 5.92 Å². The van der Waals surface area contributed by atoms with Crippen LogP contribution in [-0.4, -0.2) is 31.9 Å². The highest BCUT2D eigenvalue weighted by atomic mass is 16.5.